The zero-order valence-corrected chi connectivity index (χ0v) is 6.56. The lowest BCUT2D eigenvalue weighted by Crippen LogP contribution is -2.01. The van der Waals surface area contributed by atoms with Gasteiger partial charge in [-0.05, 0) is 0 Å². The van der Waals surface area contributed by atoms with E-state index in [9.17, 15) is 4.39 Å². The van der Waals surface area contributed by atoms with Crippen LogP contribution in [-0.4, -0.2) is 14.2 Å². The molecule has 0 heterocycles. The SMILES string of the molecule is COC1=C(OC)C[CH]C(F)=C1. The Morgan fingerprint density at radius 3 is 2.64 bits per heavy atom. The van der Waals surface area contributed by atoms with Crippen LogP contribution < -0.4 is 0 Å². The maximum atomic E-state index is 12.6. The summed E-state index contributed by atoms with van der Waals surface area (Å²) in [5.41, 5.74) is 0. The first kappa shape index (κ1) is 8.11. The molecule has 0 aromatic rings. The molecule has 1 radical (unpaired) electrons. The highest BCUT2D eigenvalue weighted by Gasteiger charge is 2.14. The summed E-state index contributed by atoms with van der Waals surface area (Å²) >= 11 is 0. The van der Waals surface area contributed by atoms with Crippen molar-refractivity contribution in [3.05, 3.63) is 29.8 Å². The van der Waals surface area contributed by atoms with Crippen molar-refractivity contribution >= 4 is 0 Å². The molecule has 2 nitrogen and oxygen atoms in total. The normalized spacial score (nSPS) is 17.9. The highest BCUT2D eigenvalue weighted by molar-refractivity contribution is 5.29. The number of hydrogen-bond acceptors (Lipinski definition) is 2. The Morgan fingerprint density at radius 2 is 2.09 bits per heavy atom. The molecule has 61 valence electrons. The van der Waals surface area contributed by atoms with Crippen LogP contribution in [0.15, 0.2) is 23.4 Å². The van der Waals surface area contributed by atoms with Crippen molar-refractivity contribution in [2.75, 3.05) is 14.2 Å². The van der Waals surface area contributed by atoms with Gasteiger partial charge in [0.2, 0.25) is 0 Å². The largest absolute Gasteiger partial charge is 0.497 e. The fourth-order valence-electron chi connectivity index (χ4n) is 0.912. The highest BCUT2D eigenvalue weighted by atomic mass is 19.1. The Balaban J connectivity index is 2.83. The second-order valence-electron chi connectivity index (χ2n) is 2.13. The van der Waals surface area contributed by atoms with Crippen LogP contribution >= 0.6 is 0 Å². The predicted molar refractivity (Wildman–Crippen MR) is 39.2 cm³/mol. The van der Waals surface area contributed by atoms with Gasteiger partial charge in [-0.3, -0.25) is 0 Å². The van der Waals surface area contributed by atoms with Gasteiger partial charge in [0.15, 0.2) is 5.76 Å². The third kappa shape index (κ3) is 1.73. The summed E-state index contributed by atoms with van der Waals surface area (Å²) in [6.45, 7) is 0. The van der Waals surface area contributed by atoms with E-state index in [-0.39, 0.29) is 5.83 Å². The molecule has 11 heavy (non-hydrogen) atoms. The lowest BCUT2D eigenvalue weighted by atomic mass is 10.1. The maximum absolute atomic E-state index is 12.6. The minimum absolute atomic E-state index is 0.275. The van der Waals surface area contributed by atoms with Gasteiger partial charge in [0.05, 0.1) is 14.2 Å². The molecule has 0 aromatic carbocycles. The van der Waals surface area contributed by atoms with Gasteiger partial charge >= 0.3 is 0 Å². The number of allylic oxidation sites excluding steroid dienone is 3. The molecule has 3 heteroatoms. The fraction of sp³-hybridized carbons (Fsp3) is 0.375. The van der Waals surface area contributed by atoms with Crippen molar-refractivity contribution in [1.29, 1.82) is 0 Å². The Labute approximate surface area is 65.3 Å². The van der Waals surface area contributed by atoms with Gasteiger partial charge in [0.25, 0.3) is 0 Å². The minimum Gasteiger partial charge on any atom is -0.497 e. The Kier molecular flexibility index (Phi) is 2.52. The molecular formula is C8H10FO2. The van der Waals surface area contributed by atoms with Crippen molar-refractivity contribution in [3.63, 3.8) is 0 Å². The third-order valence-corrected chi connectivity index (χ3v) is 1.49. The monoisotopic (exact) mass is 157 g/mol. The molecular weight excluding hydrogens is 147 g/mol. The molecule has 1 aliphatic carbocycles. The minimum atomic E-state index is -0.275. The molecule has 0 saturated carbocycles. The number of hydrogen-bond donors (Lipinski definition) is 0. The molecule has 0 saturated heterocycles. The van der Waals surface area contributed by atoms with Crippen LogP contribution in [0.25, 0.3) is 0 Å². The number of halogens is 1. The van der Waals surface area contributed by atoms with Crippen LogP contribution in [-0.2, 0) is 9.47 Å². The van der Waals surface area contributed by atoms with E-state index in [0.717, 1.165) is 0 Å². The van der Waals surface area contributed by atoms with Crippen LogP contribution in [0.4, 0.5) is 4.39 Å². The molecule has 0 fully saturated rings. The molecule has 1 rings (SSSR count). The van der Waals surface area contributed by atoms with Crippen molar-refractivity contribution in [2.45, 2.75) is 6.42 Å². The van der Waals surface area contributed by atoms with Crippen LogP contribution in [0, 0.1) is 6.42 Å². The molecule has 0 bridgehead atoms. The summed E-state index contributed by atoms with van der Waals surface area (Å²) in [5, 5.41) is 0. The standard InChI is InChI=1S/C8H10FO2/c1-10-7-4-3-6(9)5-8(7)11-2/h3,5H,4H2,1-2H3. The van der Waals surface area contributed by atoms with E-state index in [4.69, 9.17) is 9.47 Å². The quantitative estimate of drug-likeness (QED) is 0.610. The third-order valence-electron chi connectivity index (χ3n) is 1.49. The van der Waals surface area contributed by atoms with Gasteiger partial charge in [-0.1, -0.05) is 0 Å². The molecule has 0 aliphatic heterocycles. The number of rotatable bonds is 2. The second kappa shape index (κ2) is 3.42. The van der Waals surface area contributed by atoms with Crippen molar-refractivity contribution in [3.8, 4) is 0 Å². The van der Waals surface area contributed by atoms with Crippen LogP contribution in [0.5, 0.6) is 0 Å². The lowest BCUT2D eigenvalue weighted by molar-refractivity contribution is 0.220. The first-order valence-corrected chi connectivity index (χ1v) is 3.29. The molecule has 0 N–H and O–H groups in total. The Morgan fingerprint density at radius 1 is 1.36 bits per heavy atom. The average molecular weight is 157 g/mol. The van der Waals surface area contributed by atoms with Crippen molar-refractivity contribution in [2.24, 2.45) is 0 Å². The highest BCUT2D eigenvalue weighted by Crippen LogP contribution is 2.24. The molecule has 0 atom stereocenters. The predicted octanol–water partition coefficient (Wildman–Crippen LogP) is 1.95. The van der Waals surface area contributed by atoms with E-state index >= 15 is 0 Å². The van der Waals surface area contributed by atoms with Crippen LogP contribution in [0.1, 0.15) is 6.42 Å². The molecule has 1 aliphatic rings. The van der Waals surface area contributed by atoms with Crippen LogP contribution in [0.3, 0.4) is 0 Å². The van der Waals surface area contributed by atoms with E-state index in [1.165, 1.54) is 19.6 Å². The first-order chi connectivity index (χ1) is 5.27. The van der Waals surface area contributed by atoms with Gasteiger partial charge in [-0.15, -0.1) is 0 Å². The Hall–Kier alpha value is -0.990. The summed E-state index contributed by atoms with van der Waals surface area (Å²) in [4.78, 5) is 0. The first-order valence-electron chi connectivity index (χ1n) is 3.29. The summed E-state index contributed by atoms with van der Waals surface area (Å²) in [5.74, 6) is 0.851. The molecule has 0 aromatic heterocycles. The van der Waals surface area contributed by atoms with E-state index in [2.05, 4.69) is 0 Å². The summed E-state index contributed by atoms with van der Waals surface area (Å²) in [6, 6.07) is 0. The number of ether oxygens (including phenoxy) is 2. The summed E-state index contributed by atoms with van der Waals surface area (Å²) in [7, 11) is 3.03. The average Bonchev–Trinajstić information content (AvgIpc) is 2.04. The van der Waals surface area contributed by atoms with E-state index in [0.29, 0.717) is 17.9 Å². The molecule has 0 spiro atoms. The zero-order valence-electron chi connectivity index (χ0n) is 6.56. The van der Waals surface area contributed by atoms with E-state index < -0.39 is 0 Å². The van der Waals surface area contributed by atoms with Gasteiger partial charge < -0.3 is 9.47 Å². The van der Waals surface area contributed by atoms with Gasteiger partial charge in [-0.25, -0.2) is 4.39 Å². The summed E-state index contributed by atoms with van der Waals surface area (Å²) < 4.78 is 22.4. The van der Waals surface area contributed by atoms with Gasteiger partial charge in [0, 0.05) is 18.9 Å². The van der Waals surface area contributed by atoms with Crippen molar-refractivity contribution in [1.82, 2.24) is 0 Å². The smallest absolute Gasteiger partial charge is 0.159 e. The maximum Gasteiger partial charge on any atom is 0.159 e. The van der Waals surface area contributed by atoms with Crippen LogP contribution in [0.2, 0.25) is 0 Å². The topological polar surface area (TPSA) is 18.5 Å². The molecule has 0 amide bonds. The summed E-state index contributed by atoms with van der Waals surface area (Å²) in [6.07, 6.45) is 3.21. The van der Waals surface area contributed by atoms with Crippen molar-refractivity contribution < 1.29 is 13.9 Å². The fourth-order valence-corrected chi connectivity index (χ4v) is 0.912. The zero-order chi connectivity index (χ0) is 8.27. The Bertz CT molecular complexity index is 206. The van der Waals surface area contributed by atoms with Gasteiger partial charge in [-0.2, -0.15) is 0 Å². The second-order valence-corrected chi connectivity index (χ2v) is 2.13. The van der Waals surface area contributed by atoms with E-state index in [1.807, 2.05) is 0 Å². The number of methoxy groups -OCH3 is 2. The molecule has 0 unspecified atom stereocenters. The lowest BCUT2D eigenvalue weighted by Gasteiger charge is -2.13. The van der Waals surface area contributed by atoms with Gasteiger partial charge in [0.1, 0.15) is 11.6 Å². The van der Waals surface area contributed by atoms with E-state index in [1.54, 1.807) is 7.11 Å².